The molecule has 0 aromatic rings. The largest absolute Gasteiger partial charge is 0.472 e. The molecular formula is C62H115NO8P+. The van der Waals surface area contributed by atoms with E-state index in [9.17, 15) is 19.0 Å². The van der Waals surface area contributed by atoms with Gasteiger partial charge in [0.1, 0.15) is 19.8 Å². The summed E-state index contributed by atoms with van der Waals surface area (Å²) < 4.78 is 34.6. The fourth-order valence-corrected chi connectivity index (χ4v) is 9.09. The van der Waals surface area contributed by atoms with Crippen molar-refractivity contribution in [2.24, 2.45) is 0 Å². The number of phosphoric acid groups is 1. The van der Waals surface area contributed by atoms with Gasteiger partial charge in [-0.05, 0) is 83.5 Å². The molecule has 0 heterocycles. The van der Waals surface area contributed by atoms with Crippen molar-refractivity contribution in [3.8, 4) is 0 Å². The first kappa shape index (κ1) is 69.7. The minimum Gasteiger partial charge on any atom is -0.462 e. The Morgan fingerprint density at radius 3 is 1.11 bits per heavy atom. The summed E-state index contributed by atoms with van der Waals surface area (Å²) in [4.78, 5) is 35.7. The molecule has 0 saturated carbocycles. The van der Waals surface area contributed by atoms with Crippen molar-refractivity contribution in [1.29, 1.82) is 0 Å². The van der Waals surface area contributed by atoms with Crippen LogP contribution in [0.3, 0.4) is 0 Å². The van der Waals surface area contributed by atoms with Crippen LogP contribution in [0.25, 0.3) is 0 Å². The van der Waals surface area contributed by atoms with E-state index in [-0.39, 0.29) is 32.0 Å². The molecule has 0 saturated heterocycles. The van der Waals surface area contributed by atoms with Gasteiger partial charge in [-0.1, -0.05) is 235 Å². The summed E-state index contributed by atoms with van der Waals surface area (Å²) in [5, 5.41) is 0. The zero-order chi connectivity index (χ0) is 52.7. The Hall–Kier alpha value is -2.29. The number of unbranched alkanes of at least 4 members (excludes halogenated alkanes) is 31. The number of hydrogen-bond acceptors (Lipinski definition) is 7. The number of ether oxygens (including phenoxy) is 2. The van der Waals surface area contributed by atoms with Crippen LogP contribution in [-0.2, 0) is 32.7 Å². The fraction of sp³-hybridized carbons (Fsp3) is 0.806. The second-order valence-electron chi connectivity index (χ2n) is 21.4. The number of carbonyl (C=O) groups is 2. The summed E-state index contributed by atoms with van der Waals surface area (Å²) in [5.41, 5.74) is 0. The van der Waals surface area contributed by atoms with Gasteiger partial charge in [0.15, 0.2) is 6.10 Å². The Morgan fingerprint density at radius 1 is 0.431 bits per heavy atom. The van der Waals surface area contributed by atoms with E-state index < -0.39 is 26.5 Å². The van der Waals surface area contributed by atoms with E-state index in [1.54, 1.807) is 0 Å². The third kappa shape index (κ3) is 57.0. The summed E-state index contributed by atoms with van der Waals surface area (Å²) in [7, 11) is 1.47. The van der Waals surface area contributed by atoms with Crippen molar-refractivity contribution >= 4 is 19.8 Å². The van der Waals surface area contributed by atoms with Crippen molar-refractivity contribution in [3.05, 3.63) is 60.8 Å². The molecule has 0 spiro atoms. The van der Waals surface area contributed by atoms with E-state index in [2.05, 4.69) is 74.6 Å². The molecule has 0 radical (unpaired) electrons. The Morgan fingerprint density at radius 2 is 0.750 bits per heavy atom. The summed E-state index contributed by atoms with van der Waals surface area (Å²) in [5.74, 6) is -0.798. The predicted molar refractivity (Wildman–Crippen MR) is 307 cm³/mol. The Kier molecular flexibility index (Phi) is 51.8. The third-order valence-corrected chi connectivity index (χ3v) is 14.0. The Balaban J connectivity index is 4.17. The lowest BCUT2D eigenvalue weighted by Crippen LogP contribution is -2.37. The number of allylic oxidation sites excluding steroid dienone is 10. The minimum absolute atomic E-state index is 0.0292. The zero-order valence-corrected chi connectivity index (χ0v) is 48.6. The maximum absolute atomic E-state index is 12.8. The number of rotatable bonds is 55. The number of phosphoric ester groups is 1. The van der Waals surface area contributed by atoms with Crippen molar-refractivity contribution in [1.82, 2.24) is 0 Å². The van der Waals surface area contributed by atoms with E-state index in [0.29, 0.717) is 17.4 Å². The number of carbonyl (C=O) groups excluding carboxylic acids is 2. The van der Waals surface area contributed by atoms with Crippen LogP contribution in [0.5, 0.6) is 0 Å². The van der Waals surface area contributed by atoms with Crippen LogP contribution in [0.2, 0.25) is 0 Å². The third-order valence-electron chi connectivity index (χ3n) is 13.0. The number of hydrogen-bond donors (Lipinski definition) is 1. The second-order valence-corrected chi connectivity index (χ2v) is 22.8. The standard InChI is InChI=1S/C62H114NO8P/c1-6-8-10-12-14-16-18-20-22-24-26-28-30-31-33-35-37-39-41-43-45-47-49-51-53-55-62(65)71-60(59-70-72(66,67)69-57-56-63(3,4)5)58-68-61(64)54-52-50-48-46-44-42-40-38-36-34-32-29-27-25-23-21-19-17-15-13-11-9-7-2/h18-21,24-27,30-31,60H,6-17,22-23,28-29,32-59H2,1-5H3/p+1/b20-18-,21-19-,26-24-,27-25-,31-30-. The first-order valence-electron chi connectivity index (χ1n) is 30.0. The lowest BCUT2D eigenvalue weighted by atomic mass is 10.0. The maximum atomic E-state index is 12.8. The van der Waals surface area contributed by atoms with E-state index in [1.165, 1.54) is 180 Å². The average molecular weight is 1030 g/mol. The van der Waals surface area contributed by atoms with Crippen molar-refractivity contribution < 1.29 is 42.1 Å². The average Bonchev–Trinajstić information content (AvgIpc) is 3.34. The van der Waals surface area contributed by atoms with E-state index in [0.717, 1.165) is 57.8 Å². The molecular weight excluding hydrogens is 918 g/mol. The molecule has 10 heteroatoms. The monoisotopic (exact) mass is 1030 g/mol. The summed E-state index contributed by atoms with van der Waals surface area (Å²) >= 11 is 0. The van der Waals surface area contributed by atoms with Gasteiger partial charge in [0.25, 0.3) is 0 Å². The van der Waals surface area contributed by atoms with Gasteiger partial charge < -0.3 is 18.9 Å². The lowest BCUT2D eigenvalue weighted by molar-refractivity contribution is -0.870. The molecule has 0 amide bonds. The topological polar surface area (TPSA) is 108 Å². The number of nitrogens with zero attached hydrogens (tertiary/aromatic N) is 1. The molecule has 0 aromatic carbocycles. The van der Waals surface area contributed by atoms with Gasteiger partial charge in [0.2, 0.25) is 0 Å². The molecule has 0 aliphatic rings. The van der Waals surface area contributed by atoms with Crippen LogP contribution >= 0.6 is 7.82 Å². The highest BCUT2D eigenvalue weighted by Crippen LogP contribution is 2.43. The van der Waals surface area contributed by atoms with Gasteiger partial charge in [-0.25, -0.2) is 4.57 Å². The van der Waals surface area contributed by atoms with Gasteiger partial charge >= 0.3 is 19.8 Å². The van der Waals surface area contributed by atoms with Crippen molar-refractivity contribution in [3.63, 3.8) is 0 Å². The van der Waals surface area contributed by atoms with Crippen molar-refractivity contribution in [2.45, 2.75) is 277 Å². The van der Waals surface area contributed by atoms with Gasteiger partial charge in [-0.3, -0.25) is 18.6 Å². The number of quaternary nitrogens is 1. The highest BCUT2D eigenvalue weighted by molar-refractivity contribution is 7.47. The highest BCUT2D eigenvalue weighted by Gasteiger charge is 2.27. The highest BCUT2D eigenvalue weighted by atomic mass is 31.2. The number of esters is 2. The van der Waals surface area contributed by atoms with Gasteiger partial charge in [-0.15, -0.1) is 0 Å². The van der Waals surface area contributed by atoms with E-state index in [1.807, 2.05) is 21.1 Å². The van der Waals surface area contributed by atoms with Gasteiger partial charge in [-0.2, -0.15) is 0 Å². The van der Waals surface area contributed by atoms with Crippen LogP contribution in [0.15, 0.2) is 60.8 Å². The van der Waals surface area contributed by atoms with E-state index in [4.69, 9.17) is 18.5 Å². The van der Waals surface area contributed by atoms with Crippen molar-refractivity contribution in [2.75, 3.05) is 47.5 Å². The molecule has 0 fully saturated rings. The molecule has 420 valence electrons. The molecule has 72 heavy (non-hydrogen) atoms. The smallest absolute Gasteiger partial charge is 0.462 e. The number of likely N-dealkylation sites (N-methyl/N-ethyl adjacent to an activating group) is 1. The zero-order valence-electron chi connectivity index (χ0n) is 47.7. The summed E-state index contributed by atoms with van der Waals surface area (Å²) in [6, 6.07) is 0. The van der Waals surface area contributed by atoms with Gasteiger partial charge in [0.05, 0.1) is 27.7 Å². The minimum atomic E-state index is -4.39. The lowest BCUT2D eigenvalue weighted by Gasteiger charge is -2.24. The van der Waals surface area contributed by atoms with Crippen LogP contribution < -0.4 is 0 Å². The molecule has 2 unspecified atom stereocenters. The SMILES string of the molecule is CCCCCCC/C=C\C/C=C\C/C=C\CCCCCCCCCCCCC(=O)OC(COC(=O)CCCCCCCCCCCCC/C=C\C/C=C\CCCCCCC)COP(=O)(O)OCC[N+](C)(C)C. The van der Waals surface area contributed by atoms with Crippen LogP contribution in [0.1, 0.15) is 271 Å². The molecule has 1 N–H and O–H groups in total. The summed E-state index contributed by atoms with van der Waals surface area (Å²) in [6.45, 7) is 4.43. The van der Waals surface area contributed by atoms with Gasteiger partial charge in [0, 0.05) is 12.8 Å². The maximum Gasteiger partial charge on any atom is 0.472 e. The van der Waals surface area contributed by atoms with Crippen LogP contribution in [-0.4, -0.2) is 74.9 Å². The molecule has 9 nitrogen and oxygen atoms in total. The molecule has 0 aliphatic heterocycles. The normalized spacial score (nSPS) is 13.7. The first-order valence-corrected chi connectivity index (χ1v) is 31.5. The molecule has 0 rings (SSSR count). The molecule has 0 aliphatic carbocycles. The van der Waals surface area contributed by atoms with Crippen LogP contribution in [0, 0.1) is 0 Å². The predicted octanol–water partition coefficient (Wildman–Crippen LogP) is 18.7. The molecule has 0 bridgehead atoms. The van der Waals surface area contributed by atoms with Crippen LogP contribution in [0.4, 0.5) is 0 Å². The Labute approximate surface area is 445 Å². The fourth-order valence-electron chi connectivity index (χ4n) is 8.35. The summed E-state index contributed by atoms with van der Waals surface area (Å²) in [6.07, 6.45) is 68.5. The second kappa shape index (κ2) is 53.5. The molecule has 0 aromatic heterocycles. The molecule has 2 atom stereocenters. The Bertz CT molecular complexity index is 1400. The first-order chi connectivity index (χ1) is 35.0. The quantitative estimate of drug-likeness (QED) is 0.0211. The van der Waals surface area contributed by atoms with E-state index >= 15 is 0 Å².